The molecule has 0 heterocycles. The van der Waals surface area contributed by atoms with Crippen molar-refractivity contribution in [3.8, 4) is 0 Å². The molecule has 150 valence electrons. The Labute approximate surface area is 189 Å². The van der Waals surface area contributed by atoms with E-state index in [1.165, 1.54) is 82.8 Å². The van der Waals surface area contributed by atoms with Gasteiger partial charge in [-0.2, -0.15) is 0 Å². The van der Waals surface area contributed by atoms with Crippen LogP contribution in [-0.2, 0) is 16.5 Å². The molecular weight excluding hydrogens is 367 g/mol. The molecule has 0 saturated carbocycles. The number of rotatable bonds is 15. The summed E-state index contributed by atoms with van der Waals surface area (Å²) in [5.74, 6) is 0.761. The van der Waals surface area contributed by atoms with Crippen LogP contribution in [0.2, 0.25) is 0 Å². The summed E-state index contributed by atoms with van der Waals surface area (Å²) in [7, 11) is -4.34. The Balaban J connectivity index is 0.00000676. The van der Waals surface area contributed by atoms with E-state index in [1.807, 2.05) is 0 Å². The van der Waals surface area contributed by atoms with Gasteiger partial charge in [0.05, 0.1) is 4.90 Å². The summed E-state index contributed by atoms with van der Waals surface area (Å²) >= 11 is 0. The first-order valence-corrected chi connectivity index (χ1v) is 11.9. The Hall–Kier alpha value is 0.130. The molecule has 1 aromatic carbocycles. The van der Waals surface area contributed by atoms with Crippen molar-refractivity contribution in [3.05, 3.63) is 29.8 Å². The van der Waals surface area contributed by atoms with Gasteiger partial charge in [-0.05, 0) is 36.5 Å². The van der Waals surface area contributed by atoms with Crippen molar-refractivity contribution in [3.63, 3.8) is 0 Å². The minimum absolute atomic E-state index is 0. The van der Waals surface area contributed by atoms with Gasteiger partial charge in [-0.15, -0.1) is 0 Å². The molecule has 0 saturated heterocycles. The number of benzene rings is 1. The molecule has 1 unspecified atom stereocenters. The molecule has 27 heavy (non-hydrogen) atoms. The summed E-state index contributed by atoms with van der Waals surface area (Å²) in [6.45, 7) is 4.50. The molecule has 5 heteroatoms. The van der Waals surface area contributed by atoms with Crippen LogP contribution in [0.4, 0.5) is 0 Å². The fourth-order valence-corrected chi connectivity index (χ4v) is 3.99. The fraction of sp³-hybridized carbons (Fsp3) is 0.727. The van der Waals surface area contributed by atoms with Gasteiger partial charge in [0.15, 0.2) is 0 Å². The molecule has 0 bridgehead atoms. The number of aryl methyl sites for hydroxylation is 1. The fourth-order valence-electron chi connectivity index (χ4n) is 3.52. The normalized spacial score (nSPS) is 12.6. The first kappa shape index (κ1) is 27.1. The van der Waals surface area contributed by atoms with Crippen molar-refractivity contribution in [1.29, 1.82) is 0 Å². The molecule has 0 aliphatic heterocycles. The number of hydrogen-bond acceptors (Lipinski definition) is 3. The molecule has 3 nitrogen and oxygen atoms in total. The standard InChI is InChI=1S/C22H38O3S.Na/c1-3-5-7-9-11-13-20(12-10-8-6-4-2)14-15-21-16-18-22(19-17-21)26(23,24)25;/h16-20H,3-15H2,1-2H3,(H,23,24,25);/q;+1/p-1. The van der Waals surface area contributed by atoms with Crippen LogP contribution in [0, 0.1) is 5.92 Å². The van der Waals surface area contributed by atoms with E-state index in [0.29, 0.717) is 0 Å². The van der Waals surface area contributed by atoms with E-state index < -0.39 is 10.1 Å². The summed E-state index contributed by atoms with van der Waals surface area (Å²) < 4.78 is 33.1. The van der Waals surface area contributed by atoms with Gasteiger partial charge in [-0.25, -0.2) is 8.42 Å². The molecule has 0 aliphatic carbocycles. The summed E-state index contributed by atoms with van der Waals surface area (Å²) in [5.41, 5.74) is 1.13. The van der Waals surface area contributed by atoms with Gasteiger partial charge in [0.2, 0.25) is 0 Å². The minimum Gasteiger partial charge on any atom is -0.744 e. The van der Waals surface area contributed by atoms with Gasteiger partial charge in [-0.3, -0.25) is 0 Å². The monoisotopic (exact) mass is 404 g/mol. The molecule has 1 rings (SSSR count). The molecule has 0 aromatic heterocycles. The maximum absolute atomic E-state index is 11.0. The first-order valence-electron chi connectivity index (χ1n) is 10.5. The van der Waals surface area contributed by atoms with Crippen molar-refractivity contribution in [2.75, 3.05) is 0 Å². The molecule has 0 N–H and O–H groups in total. The van der Waals surface area contributed by atoms with Crippen LogP contribution in [0.5, 0.6) is 0 Å². The molecular formula is C22H37NaO3S. The van der Waals surface area contributed by atoms with Crippen LogP contribution in [0.15, 0.2) is 29.2 Å². The smallest absolute Gasteiger partial charge is 0.744 e. The van der Waals surface area contributed by atoms with Crippen molar-refractivity contribution < 1.29 is 42.5 Å². The Kier molecular flexibility index (Phi) is 16.1. The number of unbranched alkanes of at least 4 members (excludes halogenated alkanes) is 7. The third-order valence-electron chi connectivity index (χ3n) is 5.24. The van der Waals surface area contributed by atoms with Crippen LogP contribution in [0.1, 0.15) is 96.5 Å². The quantitative estimate of drug-likeness (QED) is 0.255. The molecule has 0 radical (unpaired) electrons. The zero-order valence-electron chi connectivity index (χ0n) is 17.7. The van der Waals surface area contributed by atoms with E-state index in [0.717, 1.165) is 24.3 Å². The van der Waals surface area contributed by atoms with Crippen LogP contribution < -0.4 is 29.6 Å². The van der Waals surface area contributed by atoms with E-state index in [2.05, 4.69) is 13.8 Å². The van der Waals surface area contributed by atoms with Crippen LogP contribution in [-0.4, -0.2) is 13.0 Å². The predicted molar refractivity (Wildman–Crippen MR) is 108 cm³/mol. The zero-order chi connectivity index (χ0) is 19.3. The minimum atomic E-state index is -4.34. The van der Waals surface area contributed by atoms with Gasteiger partial charge in [0.1, 0.15) is 10.1 Å². The van der Waals surface area contributed by atoms with Crippen molar-refractivity contribution in [2.24, 2.45) is 5.92 Å². The topological polar surface area (TPSA) is 57.2 Å². The Morgan fingerprint density at radius 1 is 0.778 bits per heavy atom. The van der Waals surface area contributed by atoms with Crippen molar-refractivity contribution in [2.45, 2.75) is 102 Å². The van der Waals surface area contributed by atoms with E-state index in [1.54, 1.807) is 12.1 Å². The van der Waals surface area contributed by atoms with Gasteiger partial charge in [0, 0.05) is 0 Å². The van der Waals surface area contributed by atoms with Crippen LogP contribution in [0.25, 0.3) is 0 Å². The molecule has 1 atom stereocenters. The van der Waals surface area contributed by atoms with Gasteiger partial charge in [-0.1, -0.05) is 96.6 Å². The third-order valence-corrected chi connectivity index (χ3v) is 6.08. The average Bonchev–Trinajstić information content (AvgIpc) is 2.62. The summed E-state index contributed by atoms with van der Waals surface area (Å²) in [6.07, 6.45) is 16.6. The molecule has 0 aliphatic rings. The van der Waals surface area contributed by atoms with E-state index in [9.17, 15) is 13.0 Å². The SMILES string of the molecule is CCCCCCCC(CCCCCC)CCc1ccc(S(=O)(=O)[O-])cc1.[Na+]. The maximum Gasteiger partial charge on any atom is 1.00 e. The van der Waals surface area contributed by atoms with Crippen molar-refractivity contribution in [1.82, 2.24) is 0 Å². The first-order chi connectivity index (χ1) is 12.5. The average molecular weight is 405 g/mol. The van der Waals surface area contributed by atoms with E-state index >= 15 is 0 Å². The zero-order valence-corrected chi connectivity index (χ0v) is 20.5. The van der Waals surface area contributed by atoms with Gasteiger partial charge >= 0.3 is 29.6 Å². The Morgan fingerprint density at radius 2 is 1.26 bits per heavy atom. The molecule has 0 fully saturated rings. The van der Waals surface area contributed by atoms with Crippen molar-refractivity contribution >= 4 is 10.1 Å². The summed E-state index contributed by atoms with van der Waals surface area (Å²) in [5, 5.41) is 0. The maximum atomic E-state index is 11.0. The van der Waals surface area contributed by atoms with Gasteiger partial charge in [0.25, 0.3) is 0 Å². The van der Waals surface area contributed by atoms with Gasteiger partial charge < -0.3 is 4.55 Å². The summed E-state index contributed by atoms with van der Waals surface area (Å²) in [4.78, 5) is -0.131. The largest absolute Gasteiger partial charge is 1.00 e. The number of hydrogen-bond donors (Lipinski definition) is 0. The Bertz CT molecular complexity index is 570. The predicted octanol–water partition coefficient (Wildman–Crippen LogP) is 3.47. The molecule has 1 aromatic rings. The summed E-state index contributed by atoms with van der Waals surface area (Å²) in [6, 6.07) is 6.47. The molecule has 0 spiro atoms. The third kappa shape index (κ3) is 13.1. The second-order valence-electron chi connectivity index (χ2n) is 7.55. The second-order valence-corrected chi connectivity index (χ2v) is 8.93. The molecule has 0 amide bonds. The van der Waals surface area contributed by atoms with Crippen LogP contribution in [0.3, 0.4) is 0 Å². The Morgan fingerprint density at radius 3 is 1.74 bits per heavy atom. The van der Waals surface area contributed by atoms with E-state index in [-0.39, 0.29) is 34.5 Å². The second kappa shape index (κ2) is 16.0. The van der Waals surface area contributed by atoms with E-state index in [4.69, 9.17) is 0 Å². The van der Waals surface area contributed by atoms with Crippen LogP contribution >= 0.6 is 0 Å².